The summed E-state index contributed by atoms with van der Waals surface area (Å²) < 4.78 is 16.1. The maximum Gasteiger partial charge on any atom is 0.323 e. The van der Waals surface area contributed by atoms with Crippen LogP contribution in [0.25, 0.3) is 0 Å². The molecule has 1 N–H and O–H groups in total. The van der Waals surface area contributed by atoms with E-state index in [0.29, 0.717) is 19.0 Å². The summed E-state index contributed by atoms with van der Waals surface area (Å²) >= 11 is 0. The molecule has 1 aromatic rings. The molecule has 0 radical (unpaired) electrons. The van der Waals surface area contributed by atoms with Crippen molar-refractivity contribution in [2.75, 3.05) is 25.6 Å². The molecule has 7 nitrogen and oxygen atoms in total. The van der Waals surface area contributed by atoms with E-state index in [1.165, 1.54) is 4.90 Å². The van der Waals surface area contributed by atoms with Crippen LogP contribution >= 0.6 is 0 Å². The SMILES string of the molecule is CC(C1OCCO1)N(C)C(=O)Nc1cc(C(C)(C)C)on1. The van der Waals surface area contributed by atoms with Crippen LogP contribution in [-0.2, 0) is 14.9 Å². The minimum Gasteiger partial charge on any atom is -0.359 e. The topological polar surface area (TPSA) is 76.8 Å². The molecule has 0 bridgehead atoms. The lowest BCUT2D eigenvalue weighted by atomic mass is 9.93. The van der Waals surface area contributed by atoms with Crippen molar-refractivity contribution in [2.24, 2.45) is 0 Å². The number of likely N-dealkylation sites (N-methyl/N-ethyl adjacent to an activating group) is 1. The Balaban J connectivity index is 1.95. The molecular formula is C14H23N3O4. The fraction of sp³-hybridized carbons (Fsp3) is 0.714. The van der Waals surface area contributed by atoms with Gasteiger partial charge < -0.3 is 18.9 Å². The zero-order chi connectivity index (χ0) is 15.6. The van der Waals surface area contributed by atoms with Crippen molar-refractivity contribution in [3.8, 4) is 0 Å². The quantitative estimate of drug-likeness (QED) is 0.925. The fourth-order valence-corrected chi connectivity index (χ4v) is 1.91. The molecule has 118 valence electrons. The maximum atomic E-state index is 12.2. The lowest BCUT2D eigenvalue weighted by Gasteiger charge is -2.27. The number of carbonyl (C=O) groups excluding carboxylic acids is 1. The molecule has 0 spiro atoms. The first-order chi connectivity index (χ1) is 9.79. The van der Waals surface area contributed by atoms with E-state index in [-0.39, 0.29) is 23.8 Å². The summed E-state index contributed by atoms with van der Waals surface area (Å²) in [7, 11) is 1.69. The molecule has 1 aromatic heterocycles. The molecule has 1 fully saturated rings. The molecule has 0 aromatic carbocycles. The summed E-state index contributed by atoms with van der Waals surface area (Å²) in [5.74, 6) is 1.12. The van der Waals surface area contributed by atoms with Crippen LogP contribution in [0.15, 0.2) is 10.6 Å². The lowest BCUT2D eigenvalue weighted by Crippen LogP contribution is -2.45. The third-order valence-corrected chi connectivity index (χ3v) is 3.46. The van der Waals surface area contributed by atoms with Crippen molar-refractivity contribution < 1.29 is 18.8 Å². The van der Waals surface area contributed by atoms with E-state index in [1.54, 1.807) is 13.1 Å². The van der Waals surface area contributed by atoms with Gasteiger partial charge in [-0.2, -0.15) is 0 Å². The summed E-state index contributed by atoms with van der Waals surface area (Å²) in [5.41, 5.74) is -0.152. The summed E-state index contributed by atoms with van der Waals surface area (Å²) in [4.78, 5) is 13.7. The van der Waals surface area contributed by atoms with Crippen LogP contribution in [0.2, 0.25) is 0 Å². The van der Waals surface area contributed by atoms with Crippen LogP contribution < -0.4 is 5.32 Å². The van der Waals surface area contributed by atoms with E-state index >= 15 is 0 Å². The summed E-state index contributed by atoms with van der Waals surface area (Å²) in [6.07, 6.45) is -0.386. The van der Waals surface area contributed by atoms with Gasteiger partial charge >= 0.3 is 6.03 Å². The Hall–Kier alpha value is -1.60. The highest BCUT2D eigenvalue weighted by atomic mass is 16.7. The zero-order valence-corrected chi connectivity index (χ0v) is 13.2. The van der Waals surface area contributed by atoms with E-state index in [1.807, 2.05) is 27.7 Å². The number of hydrogen-bond acceptors (Lipinski definition) is 5. The van der Waals surface area contributed by atoms with Crippen molar-refractivity contribution in [2.45, 2.75) is 45.4 Å². The van der Waals surface area contributed by atoms with Gasteiger partial charge in [0.15, 0.2) is 12.1 Å². The Kier molecular flexibility index (Phi) is 4.53. The number of anilines is 1. The van der Waals surface area contributed by atoms with Gasteiger partial charge in [0.2, 0.25) is 0 Å². The molecule has 2 heterocycles. The van der Waals surface area contributed by atoms with Gasteiger partial charge in [-0.1, -0.05) is 25.9 Å². The van der Waals surface area contributed by atoms with Crippen LogP contribution in [0.5, 0.6) is 0 Å². The first-order valence-electron chi connectivity index (χ1n) is 7.03. The van der Waals surface area contributed by atoms with Gasteiger partial charge in [-0.05, 0) is 6.92 Å². The van der Waals surface area contributed by atoms with E-state index in [4.69, 9.17) is 14.0 Å². The highest BCUT2D eigenvalue weighted by molar-refractivity contribution is 5.88. The smallest absolute Gasteiger partial charge is 0.323 e. The van der Waals surface area contributed by atoms with Crippen LogP contribution in [0.3, 0.4) is 0 Å². The Morgan fingerprint density at radius 3 is 2.57 bits per heavy atom. The highest BCUT2D eigenvalue weighted by Gasteiger charge is 2.29. The Morgan fingerprint density at radius 2 is 2.05 bits per heavy atom. The molecule has 21 heavy (non-hydrogen) atoms. The molecular weight excluding hydrogens is 274 g/mol. The number of urea groups is 1. The van der Waals surface area contributed by atoms with Crippen molar-refractivity contribution in [1.29, 1.82) is 0 Å². The number of rotatable bonds is 3. The monoisotopic (exact) mass is 297 g/mol. The van der Waals surface area contributed by atoms with E-state index in [0.717, 1.165) is 5.76 Å². The Labute approximate surface area is 124 Å². The van der Waals surface area contributed by atoms with Gasteiger partial charge in [0.25, 0.3) is 0 Å². The van der Waals surface area contributed by atoms with Gasteiger partial charge in [-0.25, -0.2) is 4.79 Å². The highest BCUT2D eigenvalue weighted by Crippen LogP contribution is 2.24. The van der Waals surface area contributed by atoms with Gasteiger partial charge in [-0.3, -0.25) is 5.32 Å². The number of aromatic nitrogens is 1. The van der Waals surface area contributed by atoms with Crippen LogP contribution in [-0.4, -0.2) is 48.7 Å². The number of nitrogens with zero attached hydrogens (tertiary/aromatic N) is 2. The van der Waals surface area contributed by atoms with E-state index in [9.17, 15) is 4.79 Å². The second-order valence-electron chi connectivity index (χ2n) is 6.22. The number of hydrogen-bond donors (Lipinski definition) is 1. The van der Waals surface area contributed by atoms with Gasteiger partial charge in [-0.15, -0.1) is 0 Å². The van der Waals surface area contributed by atoms with Gasteiger partial charge in [0.05, 0.1) is 19.3 Å². The first kappa shape index (κ1) is 15.8. The molecule has 1 aliphatic rings. The van der Waals surface area contributed by atoms with E-state index in [2.05, 4.69) is 10.5 Å². The molecule has 1 unspecified atom stereocenters. The number of nitrogens with one attached hydrogen (secondary N) is 1. The minimum atomic E-state index is -0.386. The second kappa shape index (κ2) is 6.03. The second-order valence-corrected chi connectivity index (χ2v) is 6.22. The molecule has 7 heteroatoms. The van der Waals surface area contributed by atoms with Crippen molar-refractivity contribution in [3.05, 3.63) is 11.8 Å². The lowest BCUT2D eigenvalue weighted by molar-refractivity contribution is -0.0807. The average Bonchev–Trinajstić information content (AvgIpc) is 3.06. The summed E-state index contributed by atoms with van der Waals surface area (Å²) in [5, 5.41) is 6.58. The summed E-state index contributed by atoms with van der Waals surface area (Å²) in [6, 6.07) is 1.26. The van der Waals surface area contributed by atoms with Gasteiger partial charge in [0, 0.05) is 18.5 Å². The average molecular weight is 297 g/mol. The van der Waals surface area contributed by atoms with Crippen molar-refractivity contribution in [3.63, 3.8) is 0 Å². The third kappa shape index (κ3) is 3.74. The number of carbonyl (C=O) groups is 1. The molecule has 1 aliphatic heterocycles. The fourth-order valence-electron chi connectivity index (χ4n) is 1.91. The van der Waals surface area contributed by atoms with Crippen LogP contribution in [0, 0.1) is 0 Å². The standard InChI is InChI=1S/C14H23N3O4/c1-9(12-19-6-7-20-12)17(5)13(18)15-11-8-10(21-16-11)14(2,3)4/h8-9,12H,6-7H2,1-5H3,(H,15,16,18). The van der Waals surface area contributed by atoms with Gasteiger partial charge in [0.1, 0.15) is 5.76 Å². The van der Waals surface area contributed by atoms with Crippen LogP contribution in [0.1, 0.15) is 33.5 Å². The Morgan fingerprint density at radius 1 is 1.43 bits per heavy atom. The van der Waals surface area contributed by atoms with E-state index < -0.39 is 0 Å². The van der Waals surface area contributed by atoms with Crippen molar-refractivity contribution >= 4 is 11.8 Å². The minimum absolute atomic E-state index is 0.152. The zero-order valence-electron chi connectivity index (χ0n) is 13.2. The molecule has 2 amide bonds. The molecule has 1 atom stereocenters. The number of ether oxygens (including phenoxy) is 2. The molecule has 1 saturated heterocycles. The molecule has 2 rings (SSSR count). The normalized spacial score (nSPS) is 17.8. The van der Waals surface area contributed by atoms with Crippen LogP contribution in [0.4, 0.5) is 10.6 Å². The molecule has 0 aliphatic carbocycles. The number of amides is 2. The predicted molar refractivity (Wildman–Crippen MR) is 77.1 cm³/mol. The van der Waals surface area contributed by atoms with Crippen molar-refractivity contribution in [1.82, 2.24) is 10.1 Å². The Bertz CT molecular complexity index is 489. The first-order valence-corrected chi connectivity index (χ1v) is 7.03. The maximum absolute atomic E-state index is 12.2. The molecule has 0 saturated carbocycles. The third-order valence-electron chi connectivity index (χ3n) is 3.46. The predicted octanol–water partition coefficient (Wildman–Crippen LogP) is 2.20. The largest absolute Gasteiger partial charge is 0.359 e. The summed E-state index contributed by atoms with van der Waals surface area (Å²) in [6.45, 7) is 9.04.